The molecule has 0 aromatic rings. The van der Waals surface area contributed by atoms with Gasteiger partial charge in [0, 0.05) is 0 Å². The fraction of sp³-hybridized carbons (Fsp3) is 0.909. The molecule has 1 aliphatic rings. The lowest BCUT2D eigenvalue weighted by Crippen LogP contribution is -2.44. The van der Waals surface area contributed by atoms with Gasteiger partial charge in [-0.15, -0.1) is 0 Å². The van der Waals surface area contributed by atoms with E-state index in [-0.39, 0.29) is 18.2 Å². The third kappa shape index (κ3) is 4.51. The molecular weight excluding hydrogens is 194 g/mol. The third-order valence-electron chi connectivity index (χ3n) is 2.16. The molecule has 0 aliphatic carbocycles. The van der Waals surface area contributed by atoms with Crippen molar-refractivity contribution in [2.45, 2.75) is 52.4 Å². The Balaban J connectivity index is 2.41. The maximum absolute atomic E-state index is 11.5. The quantitative estimate of drug-likeness (QED) is 0.732. The Morgan fingerprint density at radius 2 is 2.00 bits per heavy atom. The minimum Gasteiger partial charge on any atom is -0.444 e. The van der Waals surface area contributed by atoms with E-state index in [1.165, 1.54) is 0 Å². The molecule has 0 aromatic heterocycles. The second-order valence-electron chi connectivity index (χ2n) is 5.29. The zero-order valence-corrected chi connectivity index (χ0v) is 10.2. The number of rotatable bonds is 3. The smallest absolute Gasteiger partial charge is 0.407 e. The van der Waals surface area contributed by atoms with E-state index < -0.39 is 5.60 Å². The van der Waals surface area contributed by atoms with Crippen LogP contribution < -0.4 is 5.32 Å². The number of alkyl carbamates (subject to hydrolysis) is 1. The summed E-state index contributed by atoms with van der Waals surface area (Å²) in [6.45, 7) is 10.4. The second kappa shape index (κ2) is 4.39. The molecule has 0 spiro atoms. The average Bonchev–Trinajstić information content (AvgIpc) is 2.78. The van der Waals surface area contributed by atoms with Gasteiger partial charge in [0.15, 0.2) is 0 Å². The maximum atomic E-state index is 11.5. The van der Waals surface area contributed by atoms with Crippen molar-refractivity contribution < 1.29 is 14.3 Å². The zero-order chi connectivity index (χ0) is 11.6. The van der Waals surface area contributed by atoms with Crippen LogP contribution in [0.25, 0.3) is 0 Å². The van der Waals surface area contributed by atoms with Crippen molar-refractivity contribution in [2.75, 3.05) is 6.61 Å². The van der Waals surface area contributed by atoms with Crippen molar-refractivity contribution in [3.63, 3.8) is 0 Å². The number of amides is 1. The first-order chi connectivity index (χ1) is 6.79. The number of carbonyl (C=O) groups excluding carboxylic acids is 1. The summed E-state index contributed by atoms with van der Waals surface area (Å²) in [5.41, 5.74) is -0.448. The highest BCUT2D eigenvalue weighted by Gasteiger charge is 2.36. The minimum absolute atomic E-state index is 0.0554. The van der Waals surface area contributed by atoms with Crippen LogP contribution >= 0.6 is 0 Å². The summed E-state index contributed by atoms with van der Waals surface area (Å²) >= 11 is 0. The molecule has 4 heteroatoms. The summed E-state index contributed by atoms with van der Waals surface area (Å²) in [4.78, 5) is 11.5. The number of carbonyl (C=O) groups is 1. The molecule has 15 heavy (non-hydrogen) atoms. The standard InChI is InChI=1S/C11H21NO3/c1-7(2)9(8-6-14-8)12-10(13)15-11(3,4)5/h7-9H,6H2,1-5H3,(H,12,13)/t8-,9?/m1/s1. The molecule has 1 saturated heterocycles. The van der Waals surface area contributed by atoms with Crippen molar-refractivity contribution in [3.05, 3.63) is 0 Å². The first-order valence-corrected chi connectivity index (χ1v) is 5.41. The molecular formula is C11H21NO3. The fourth-order valence-corrected chi connectivity index (χ4v) is 1.40. The predicted octanol–water partition coefficient (Wildman–Crippen LogP) is 1.93. The van der Waals surface area contributed by atoms with E-state index in [1.807, 2.05) is 20.8 Å². The van der Waals surface area contributed by atoms with Crippen LogP contribution in [0.2, 0.25) is 0 Å². The van der Waals surface area contributed by atoms with Gasteiger partial charge < -0.3 is 14.8 Å². The number of hydrogen-bond donors (Lipinski definition) is 1. The second-order valence-corrected chi connectivity index (χ2v) is 5.29. The lowest BCUT2D eigenvalue weighted by molar-refractivity contribution is 0.0478. The number of hydrogen-bond acceptors (Lipinski definition) is 3. The fourth-order valence-electron chi connectivity index (χ4n) is 1.40. The zero-order valence-electron chi connectivity index (χ0n) is 10.2. The first-order valence-electron chi connectivity index (χ1n) is 5.41. The SMILES string of the molecule is CC(C)C(NC(=O)OC(C)(C)C)[C@H]1CO1. The van der Waals surface area contributed by atoms with Crippen molar-refractivity contribution in [2.24, 2.45) is 5.92 Å². The van der Waals surface area contributed by atoms with Crippen LogP contribution in [0.5, 0.6) is 0 Å². The van der Waals surface area contributed by atoms with Crippen LogP contribution in [0.15, 0.2) is 0 Å². The van der Waals surface area contributed by atoms with Gasteiger partial charge in [0.2, 0.25) is 0 Å². The van der Waals surface area contributed by atoms with E-state index in [0.29, 0.717) is 5.92 Å². The molecule has 0 saturated carbocycles. The highest BCUT2D eigenvalue weighted by atomic mass is 16.6. The molecule has 1 rings (SSSR count). The Hall–Kier alpha value is -0.770. The van der Waals surface area contributed by atoms with Crippen molar-refractivity contribution in [3.8, 4) is 0 Å². The van der Waals surface area contributed by atoms with Crippen molar-refractivity contribution >= 4 is 6.09 Å². The molecule has 4 nitrogen and oxygen atoms in total. The van der Waals surface area contributed by atoms with Gasteiger partial charge in [0.05, 0.1) is 12.6 Å². The predicted molar refractivity (Wildman–Crippen MR) is 57.7 cm³/mol. The highest BCUT2D eigenvalue weighted by molar-refractivity contribution is 5.68. The monoisotopic (exact) mass is 215 g/mol. The Morgan fingerprint density at radius 1 is 1.47 bits per heavy atom. The van der Waals surface area contributed by atoms with Crippen LogP contribution in [0.3, 0.4) is 0 Å². The highest BCUT2D eigenvalue weighted by Crippen LogP contribution is 2.20. The molecule has 0 bridgehead atoms. The Morgan fingerprint density at radius 3 is 2.33 bits per heavy atom. The molecule has 1 aliphatic heterocycles. The van der Waals surface area contributed by atoms with Crippen molar-refractivity contribution in [1.82, 2.24) is 5.32 Å². The van der Waals surface area contributed by atoms with Crippen molar-refractivity contribution in [1.29, 1.82) is 0 Å². The normalized spacial score (nSPS) is 22.4. The molecule has 1 heterocycles. The molecule has 0 aromatic carbocycles. The summed E-state index contributed by atoms with van der Waals surface area (Å²) in [5.74, 6) is 0.352. The molecule has 1 N–H and O–H groups in total. The molecule has 1 amide bonds. The lowest BCUT2D eigenvalue weighted by Gasteiger charge is -2.24. The molecule has 2 atom stereocenters. The van der Waals surface area contributed by atoms with Gasteiger partial charge in [-0.25, -0.2) is 4.79 Å². The van der Waals surface area contributed by atoms with Gasteiger partial charge >= 0.3 is 6.09 Å². The van der Waals surface area contributed by atoms with E-state index in [2.05, 4.69) is 19.2 Å². The molecule has 1 unspecified atom stereocenters. The van der Waals surface area contributed by atoms with Gasteiger partial charge in [0.1, 0.15) is 11.7 Å². The average molecular weight is 215 g/mol. The van der Waals surface area contributed by atoms with E-state index in [1.54, 1.807) is 0 Å². The van der Waals surface area contributed by atoms with Gasteiger partial charge in [-0.2, -0.15) is 0 Å². The first kappa shape index (κ1) is 12.3. The van der Waals surface area contributed by atoms with Crippen LogP contribution in [0, 0.1) is 5.92 Å². The number of nitrogens with one attached hydrogen (secondary N) is 1. The van der Waals surface area contributed by atoms with Gasteiger partial charge in [-0.3, -0.25) is 0 Å². The van der Waals surface area contributed by atoms with Crippen LogP contribution in [-0.4, -0.2) is 30.4 Å². The third-order valence-corrected chi connectivity index (χ3v) is 2.16. The number of epoxide rings is 1. The van der Waals surface area contributed by atoms with Gasteiger partial charge in [0.25, 0.3) is 0 Å². The maximum Gasteiger partial charge on any atom is 0.407 e. The topological polar surface area (TPSA) is 50.9 Å². The summed E-state index contributed by atoms with van der Waals surface area (Å²) in [6.07, 6.45) is -0.200. The van der Waals surface area contributed by atoms with E-state index in [0.717, 1.165) is 6.61 Å². The summed E-state index contributed by atoms with van der Waals surface area (Å²) in [6, 6.07) is 0.0554. The molecule has 1 fully saturated rings. The summed E-state index contributed by atoms with van der Waals surface area (Å²) in [5, 5.41) is 2.85. The Kier molecular flexibility index (Phi) is 3.60. The van der Waals surface area contributed by atoms with E-state index >= 15 is 0 Å². The summed E-state index contributed by atoms with van der Waals surface area (Å²) in [7, 11) is 0. The van der Waals surface area contributed by atoms with E-state index in [4.69, 9.17) is 9.47 Å². The minimum atomic E-state index is -0.448. The summed E-state index contributed by atoms with van der Waals surface area (Å²) < 4.78 is 10.4. The number of ether oxygens (including phenoxy) is 2. The van der Waals surface area contributed by atoms with Gasteiger partial charge in [-0.1, -0.05) is 13.8 Å². The van der Waals surface area contributed by atoms with E-state index in [9.17, 15) is 4.79 Å². The van der Waals surface area contributed by atoms with Crippen LogP contribution in [-0.2, 0) is 9.47 Å². The molecule has 0 radical (unpaired) electrons. The lowest BCUT2D eigenvalue weighted by atomic mass is 10.0. The van der Waals surface area contributed by atoms with Crippen LogP contribution in [0.1, 0.15) is 34.6 Å². The molecule has 88 valence electrons. The Bertz CT molecular complexity index is 226. The largest absolute Gasteiger partial charge is 0.444 e. The Labute approximate surface area is 91.3 Å². The van der Waals surface area contributed by atoms with Gasteiger partial charge in [-0.05, 0) is 26.7 Å². The van der Waals surface area contributed by atoms with Crippen LogP contribution in [0.4, 0.5) is 4.79 Å².